The highest BCUT2D eigenvalue weighted by atomic mass is 35.5. The van der Waals surface area contributed by atoms with E-state index in [-0.39, 0.29) is 13.2 Å². The minimum absolute atomic E-state index is 0.00711. The van der Waals surface area contributed by atoms with Gasteiger partial charge in [0.1, 0.15) is 11.2 Å². The van der Waals surface area contributed by atoms with Crippen LogP contribution >= 0.6 is 11.6 Å². The van der Waals surface area contributed by atoms with Gasteiger partial charge in [0, 0.05) is 17.8 Å². The molecule has 0 unspecified atom stereocenters. The van der Waals surface area contributed by atoms with E-state index in [2.05, 4.69) is 0 Å². The van der Waals surface area contributed by atoms with Crippen LogP contribution in [0, 0.1) is 0 Å². The molecule has 0 aromatic heterocycles. The number of rotatable bonds is 21. The number of hydrogen-bond acceptors (Lipinski definition) is 12. The molecule has 3 N–H and O–H groups in total. The Morgan fingerprint density at radius 3 is 1.36 bits per heavy atom. The standard InChI is InChI=1S/C30H51ClN2O10.CH4O/c1-29(2,3)42-27(34)33(28(35)43-30(4,5)6)8-10-37-12-14-39-16-18-41-20-19-40-17-15-38-13-11-36-9-7-24-21-25(31)23-26(32)22-24;1-2/h21-23H,7-20,32H2,1-6H3;2H,1H3. The van der Waals surface area contributed by atoms with Crippen molar-refractivity contribution >= 4 is 29.5 Å². The van der Waals surface area contributed by atoms with E-state index in [1.54, 1.807) is 47.6 Å². The quantitative estimate of drug-likeness (QED) is 0.141. The number of amides is 2. The van der Waals surface area contributed by atoms with E-state index in [0.717, 1.165) is 24.0 Å². The zero-order valence-corrected chi connectivity index (χ0v) is 28.8. The number of nitrogens with two attached hydrogens (primary N) is 1. The Kier molecular flexibility index (Phi) is 23.7. The van der Waals surface area contributed by atoms with E-state index < -0.39 is 23.4 Å². The van der Waals surface area contributed by atoms with E-state index in [4.69, 9.17) is 60.3 Å². The minimum atomic E-state index is -0.784. The number of ether oxygens (including phenoxy) is 8. The van der Waals surface area contributed by atoms with Crippen molar-refractivity contribution in [1.82, 2.24) is 4.90 Å². The van der Waals surface area contributed by atoms with Gasteiger partial charge in [-0.1, -0.05) is 11.6 Å². The first-order valence-corrected chi connectivity index (χ1v) is 15.3. The average molecular weight is 667 g/mol. The largest absolute Gasteiger partial charge is 0.443 e. The van der Waals surface area contributed by atoms with E-state index in [1.165, 1.54) is 0 Å². The van der Waals surface area contributed by atoms with Crippen LogP contribution in [-0.2, 0) is 44.3 Å². The molecule has 0 heterocycles. The summed E-state index contributed by atoms with van der Waals surface area (Å²) < 4.78 is 43.6. The Hall–Kier alpha value is -2.23. The topological polar surface area (TPSA) is 157 Å². The zero-order valence-electron chi connectivity index (χ0n) is 28.1. The number of carbonyl (C=O) groups is 2. The maximum Gasteiger partial charge on any atom is 0.419 e. The van der Waals surface area contributed by atoms with Crippen molar-refractivity contribution in [3.8, 4) is 0 Å². The van der Waals surface area contributed by atoms with Crippen LogP contribution in [0.2, 0.25) is 5.02 Å². The number of aliphatic hydroxyl groups excluding tert-OH is 1. The van der Waals surface area contributed by atoms with E-state index in [1.807, 2.05) is 12.1 Å². The van der Waals surface area contributed by atoms with Gasteiger partial charge in [-0.3, -0.25) is 0 Å². The average Bonchev–Trinajstić information content (AvgIpc) is 2.92. The number of carbonyl (C=O) groups excluding carboxylic acids is 2. The lowest BCUT2D eigenvalue weighted by molar-refractivity contribution is -0.0202. The second-order valence-corrected chi connectivity index (χ2v) is 11.9. The van der Waals surface area contributed by atoms with Gasteiger partial charge in [-0.05, 0) is 71.7 Å². The maximum atomic E-state index is 12.4. The first-order chi connectivity index (χ1) is 21.3. The minimum Gasteiger partial charge on any atom is -0.443 e. The van der Waals surface area contributed by atoms with Crippen LogP contribution in [-0.4, -0.2) is 126 Å². The maximum absolute atomic E-state index is 12.4. The molecule has 13 nitrogen and oxygen atoms in total. The third kappa shape index (κ3) is 25.6. The fourth-order valence-electron chi connectivity index (χ4n) is 3.26. The molecular formula is C31H55ClN2O11. The van der Waals surface area contributed by atoms with Crippen LogP contribution in [0.3, 0.4) is 0 Å². The summed E-state index contributed by atoms with van der Waals surface area (Å²) in [5.74, 6) is 0. The number of halogens is 1. The highest BCUT2D eigenvalue weighted by Crippen LogP contribution is 2.17. The lowest BCUT2D eigenvalue weighted by Gasteiger charge is -2.28. The number of anilines is 1. The second-order valence-electron chi connectivity index (χ2n) is 11.4. The molecule has 14 heteroatoms. The Morgan fingerprint density at radius 2 is 1.00 bits per heavy atom. The van der Waals surface area contributed by atoms with E-state index >= 15 is 0 Å². The molecule has 1 aromatic carbocycles. The number of benzene rings is 1. The van der Waals surface area contributed by atoms with Crippen molar-refractivity contribution in [3.63, 3.8) is 0 Å². The molecule has 0 bridgehead atoms. The number of nitrogen functional groups attached to an aromatic ring is 1. The van der Waals surface area contributed by atoms with Crippen molar-refractivity contribution in [2.45, 2.75) is 59.2 Å². The Balaban J connectivity index is 0.00000947. The van der Waals surface area contributed by atoms with Crippen LogP contribution < -0.4 is 5.73 Å². The molecule has 1 rings (SSSR count). The van der Waals surface area contributed by atoms with Crippen molar-refractivity contribution in [3.05, 3.63) is 28.8 Å². The molecule has 0 fully saturated rings. The van der Waals surface area contributed by atoms with Crippen molar-refractivity contribution in [2.75, 3.05) is 98.7 Å². The third-order valence-electron chi connectivity index (χ3n) is 5.06. The highest BCUT2D eigenvalue weighted by Gasteiger charge is 2.30. The van der Waals surface area contributed by atoms with Gasteiger partial charge in [0.05, 0.1) is 85.8 Å². The summed E-state index contributed by atoms with van der Waals surface area (Å²) in [6, 6.07) is 5.49. The smallest absolute Gasteiger partial charge is 0.419 e. The lowest BCUT2D eigenvalue weighted by Crippen LogP contribution is -2.45. The van der Waals surface area contributed by atoms with E-state index in [0.29, 0.717) is 83.4 Å². The second kappa shape index (κ2) is 24.9. The van der Waals surface area contributed by atoms with Crippen molar-refractivity contribution in [1.29, 1.82) is 0 Å². The van der Waals surface area contributed by atoms with Gasteiger partial charge < -0.3 is 48.7 Å². The van der Waals surface area contributed by atoms with Gasteiger partial charge in [-0.25, -0.2) is 14.5 Å². The first-order valence-electron chi connectivity index (χ1n) is 15.0. The molecule has 0 saturated carbocycles. The fourth-order valence-corrected chi connectivity index (χ4v) is 3.52. The SMILES string of the molecule is CC(C)(C)OC(=O)N(CCOCCOCCOCCOCCOCCOCCc1cc(N)cc(Cl)c1)C(=O)OC(C)(C)C.CO. The molecule has 0 radical (unpaired) electrons. The Labute approximate surface area is 273 Å². The normalized spacial score (nSPS) is 11.5. The van der Waals surface area contributed by atoms with Gasteiger partial charge in [0.2, 0.25) is 0 Å². The Bertz CT molecular complexity index is 876. The molecule has 2 amide bonds. The highest BCUT2D eigenvalue weighted by molar-refractivity contribution is 6.30. The summed E-state index contributed by atoms with van der Waals surface area (Å²) >= 11 is 5.99. The molecule has 0 spiro atoms. The van der Waals surface area contributed by atoms with Crippen LogP contribution in [0.1, 0.15) is 47.1 Å². The molecule has 0 aliphatic rings. The summed E-state index contributed by atoms with van der Waals surface area (Å²) in [5, 5.41) is 7.63. The van der Waals surface area contributed by atoms with Gasteiger partial charge >= 0.3 is 12.2 Å². The van der Waals surface area contributed by atoms with Crippen LogP contribution in [0.15, 0.2) is 18.2 Å². The van der Waals surface area contributed by atoms with Crippen LogP contribution in [0.4, 0.5) is 15.3 Å². The number of imide groups is 1. The molecule has 0 aliphatic carbocycles. The summed E-state index contributed by atoms with van der Waals surface area (Å²) in [5.41, 5.74) is 5.97. The summed E-state index contributed by atoms with van der Waals surface area (Å²) in [4.78, 5) is 25.8. The lowest BCUT2D eigenvalue weighted by atomic mass is 10.1. The molecular weight excluding hydrogens is 612 g/mol. The summed E-state index contributed by atoms with van der Waals surface area (Å²) in [6.45, 7) is 15.3. The van der Waals surface area contributed by atoms with Gasteiger partial charge in [-0.2, -0.15) is 0 Å². The number of aliphatic hydroxyl groups is 1. The molecule has 1 aromatic rings. The molecule has 0 atom stereocenters. The van der Waals surface area contributed by atoms with Gasteiger partial charge in [-0.15, -0.1) is 0 Å². The van der Waals surface area contributed by atoms with Crippen LogP contribution in [0.5, 0.6) is 0 Å². The van der Waals surface area contributed by atoms with Gasteiger partial charge in [0.25, 0.3) is 0 Å². The number of nitrogens with zero attached hydrogens (tertiary/aromatic N) is 1. The molecule has 262 valence electrons. The molecule has 45 heavy (non-hydrogen) atoms. The predicted molar refractivity (Wildman–Crippen MR) is 172 cm³/mol. The summed E-state index contributed by atoms with van der Waals surface area (Å²) in [7, 11) is 1.00. The third-order valence-corrected chi connectivity index (χ3v) is 5.28. The van der Waals surface area contributed by atoms with Crippen molar-refractivity contribution < 1.29 is 52.6 Å². The fraction of sp³-hybridized carbons (Fsp3) is 0.742. The summed E-state index contributed by atoms with van der Waals surface area (Å²) in [6.07, 6.45) is -0.831. The van der Waals surface area contributed by atoms with Crippen LogP contribution in [0.25, 0.3) is 0 Å². The molecule has 0 aliphatic heterocycles. The van der Waals surface area contributed by atoms with Gasteiger partial charge in [0.15, 0.2) is 0 Å². The number of hydrogen-bond donors (Lipinski definition) is 2. The first kappa shape index (κ1) is 42.8. The molecule has 0 saturated heterocycles. The Morgan fingerprint density at radius 1 is 0.644 bits per heavy atom. The predicted octanol–water partition coefficient (Wildman–Crippen LogP) is 4.35. The van der Waals surface area contributed by atoms with E-state index in [9.17, 15) is 9.59 Å². The van der Waals surface area contributed by atoms with Crippen molar-refractivity contribution in [2.24, 2.45) is 0 Å². The monoisotopic (exact) mass is 666 g/mol. The zero-order chi connectivity index (χ0) is 34.1.